The smallest absolute Gasteiger partial charge is 0.200 e. The molecule has 0 saturated carbocycles. The number of hydrogen-bond donors (Lipinski definition) is 4. The maximum absolute atomic E-state index is 10.2. The van der Waals surface area contributed by atoms with Crippen LogP contribution < -0.4 is 21.3 Å². The van der Waals surface area contributed by atoms with Gasteiger partial charge in [-0.05, 0) is 47.0 Å². The molecule has 1 fully saturated rings. The van der Waals surface area contributed by atoms with Gasteiger partial charge in [0.1, 0.15) is 6.07 Å². The van der Waals surface area contributed by atoms with Crippen molar-refractivity contribution in [3.8, 4) is 17.6 Å². The normalized spacial score (nSPS) is 24.6. The van der Waals surface area contributed by atoms with Gasteiger partial charge in [0.15, 0.2) is 17.7 Å². The minimum atomic E-state index is -0.419. The fraction of sp³-hybridized carbons (Fsp3) is 0.240. The Morgan fingerprint density at radius 3 is 2.62 bits per heavy atom. The van der Waals surface area contributed by atoms with Gasteiger partial charge < -0.3 is 20.3 Å². The zero-order valence-corrected chi connectivity index (χ0v) is 17.6. The van der Waals surface area contributed by atoms with Gasteiger partial charge >= 0.3 is 0 Å². The first-order chi connectivity index (χ1) is 15.6. The van der Waals surface area contributed by atoms with Gasteiger partial charge in [-0.1, -0.05) is 42.5 Å². The molecule has 7 heteroatoms. The number of rotatable bonds is 4. The molecule has 0 bridgehead atoms. The molecule has 32 heavy (non-hydrogen) atoms. The lowest BCUT2D eigenvalue weighted by Crippen LogP contribution is -2.41. The van der Waals surface area contributed by atoms with Gasteiger partial charge in [-0.2, -0.15) is 5.26 Å². The Morgan fingerprint density at radius 1 is 1.06 bits per heavy atom. The van der Waals surface area contributed by atoms with Crippen LogP contribution in [-0.4, -0.2) is 17.9 Å². The van der Waals surface area contributed by atoms with Gasteiger partial charge in [0, 0.05) is 11.8 Å². The molecule has 162 valence electrons. The zero-order chi connectivity index (χ0) is 22.2. The third kappa shape index (κ3) is 3.30. The third-order valence-electron chi connectivity index (χ3n) is 6.23. The summed E-state index contributed by atoms with van der Waals surface area (Å²) in [5, 5.41) is 22.4. The minimum absolute atomic E-state index is 0.0587. The van der Waals surface area contributed by atoms with E-state index in [4.69, 9.17) is 15.2 Å². The van der Waals surface area contributed by atoms with Crippen LogP contribution in [-0.2, 0) is 4.74 Å². The molecule has 2 heterocycles. The van der Waals surface area contributed by atoms with E-state index in [1.54, 1.807) is 12.1 Å². The van der Waals surface area contributed by atoms with Crippen molar-refractivity contribution in [1.82, 2.24) is 10.9 Å². The third-order valence-corrected chi connectivity index (χ3v) is 6.23. The maximum atomic E-state index is 10.2. The predicted molar refractivity (Wildman–Crippen MR) is 120 cm³/mol. The highest BCUT2D eigenvalue weighted by Crippen LogP contribution is 2.48. The number of fused-ring (bicyclic) bond motifs is 2. The van der Waals surface area contributed by atoms with Gasteiger partial charge in [0.2, 0.25) is 5.88 Å². The van der Waals surface area contributed by atoms with Gasteiger partial charge in [0.05, 0.1) is 18.2 Å². The number of hydrogen-bond acceptors (Lipinski definition) is 7. The summed E-state index contributed by atoms with van der Waals surface area (Å²) in [5.74, 6) is 0.0430. The molecule has 0 radical (unpaired) electrons. The Labute approximate surface area is 186 Å². The fourth-order valence-corrected chi connectivity index (χ4v) is 4.78. The average Bonchev–Trinajstić information content (AvgIpc) is 3.22. The van der Waals surface area contributed by atoms with Gasteiger partial charge in [-0.15, -0.1) is 0 Å². The molecule has 2 aliphatic heterocycles. The first-order valence-corrected chi connectivity index (χ1v) is 10.6. The van der Waals surface area contributed by atoms with Crippen molar-refractivity contribution >= 4 is 10.8 Å². The highest BCUT2D eigenvalue weighted by molar-refractivity contribution is 5.83. The van der Waals surface area contributed by atoms with E-state index >= 15 is 0 Å². The summed E-state index contributed by atoms with van der Waals surface area (Å²) in [7, 11) is 0. The molecule has 7 nitrogen and oxygen atoms in total. The molecule has 1 saturated heterocycles. The molecular weight excluding hydrogens is 404 g/mol. The van der Waals surface area contributed by atoms with Crippen LogP contribution in [0.15, 0.2) is 72.1 Å². The number of nitrogens with one attached hydrogen (secondary N) is 2. The highest BCUT2D eigenvalue weighted by Gasteiger charge is 2.49. The van der Waals surface area contributed by atoms with Crippen molar-refractivity contribution in [2.75, 3.05) is 6.61 Å². The molecule has 0 amide bonds. The van der Waals surface area contributed by atoms with Crippen LogP contribution in [0.4, 0.5) is 0 Å². The van der Waals surface area contributed by atoms with E-state index in [1.807, 2.05) is 25.1 Å². The van der Waals surface area contributed by atoms with Crippen LogP contribution in [0.5, 0.6) is 11.5 Å². The van der Waals surface area contributed by atoms with Crippen LogP contribution >= 0.6 is 0 Å². The lowest BCUT2D eigenvalue weighted by molar-refractivity contribution is 0.0340. The lowest BCUT2D eigenvalue weighted by atomic mass is 9.74. The van der Waals surface area contributed by atoms with Crippen molar-refractivity contribution < 1.29 is 14.6 Å². The van der Waals surface area contributed by atoms with Crippen molar-refractivity contribution in [3.05, 3.63) is 83.2 Å². The minimum Gasteiger partial charge on any atom is -0.504 e. The first-order valence-electron chi connectivity index (χ1n) is 10.6. The Kier molecular flexibility index (Phi) is 5.10. The molecule has 5 N–H and O–H groups in total. The summed E-state index contributed by atoms with van der Waals surface area (Å²) in [6.45, 7) is 2.28. The van der Waals surface area contributed by atoms with E-state index < -0.39 is 6.23 Å². The number of phenolic OH excluding ortho intramolecular Hbond substituents is 1. The SMILES string of the molecule is CCOc1cc(C2C(C#N)=C(N)OC3NNC(c4ccc5ccccc5c4)C32)ccc1O. The average molecular weight is 428 g/mol. The number of phenols is 1. The first kappa shape index (κ1) is 20.2. The Morgan fingerprint density at radius 2 is 1.84 bits per heavy atom. The van der Waals surface area contributed by atoms with Crippen LogP contribution in [0, 0.1) is 17.2 Å². The molecule has 4 atom stereocenters. The van der Waals surface area contributed by atoms with Gasteiger partial charge in [-0.3, -0.25) is 0 Å². The van der Waals surface area contributed by atoms with Crippen LogP contribution in [0.2, 0.25) is 0 Å². The molecule has 5 rings (SSSR count). The van der Waals surface area contributed by atoms with Crippen molar-refractivity contribution in [2.45, 2.75) is 25.1 Å². The number of ether oxygens (including phenoxy) is 2. The van der Waals surface area contributed by atoms with Gasteiger partial charge in [0.25, 0.3) is 0 Å². The topological polar surface area (TPSA) is 113 Å². The number of nitrogens with two attached hydrogens (primary N) is 1. The zero-order valence-electron chi connectivity index (χ0n) is 17.6. The van der Waals surface area contributed by atoms with E-state index in [-0.39, 0.29) is 29.5 Å². The second-order valence-electron chi connectivity index (χ2n) is 8.02. The summed E-state index contributed by atoms with van der Waals surface area (Å²) in [5.41, 5.74) is 15.0. The second-order valence-corrected chi connectivity index (χ2v) is 8.02. The number of hydrazine groups is 1. The Bertz CT molecular complexity index is 1250. The summed E-state index contributed by atoms with van der Waals surface area (Å²) in [6.07, 6.45) is -0.419. The summed E-state index contributed by atoms with van der Waals surface area (Å²) in [4.78, 5) is 0. The number of aromatic hydroxyl groups is 1. The predicted octanol–water partition coefficient (Wildman–Crippen LogP) is 3.54. The monoisotopic (exact) mass is 428 g/mol. The molecule has 4 unspecified atom stereocenters. The van der Waals surface area contributed by atoms with Crippen molar-refractivity contribution in [1.29, 1.82) is 5.26 Å². The molecule has 2 aliphatic rings. The van der Waals surface area contributed by atoms with Crippen molar-refractivity contribution in [2.24, 2.45) is 11.7 Å². The van der Waals surface area contributed by atoms with E-state index in [0.29, 0.717) is 17.9 Å². The van der Waals surface area contributed by atoms with Crippen LogP contribution in [0.25, 0.3) is 10.8 Å². The van der Waals surface area contributed by atoms with Gasteiger partial charge in [-0.25, -0.2) is 10.9 Å². The Hall–Kier alpha value is -3.73. The van der Waals surface area contributed by atoms with E-state index in [2.05, 4.69) is 47.3 Å². The molecule has 0 spiro atoms. The molecule has 3 aromatic carbocycles. The second kappa shape index (κ2) is 8.08. The Balaban J connectivity index is 1.62. The van der Waals surface area contributed by atoms with E-state index in [9.17, 15) is 10.4 Å². The largest absolute Gasteiger partial charge is 0.504 e. The van der Waals surface area contributed by atoms with E-state index in [1.165, 1.54) is 0 Å². The van der Waals surface area contributed by atoms with E-state index in [0.717, 1.165) is 21.9 Å². The quantitative estimate of drug-likeness (QED) is 0.503. The van der Waals surface area contributed by atoms with Crippen molar-refractivity contribution in [3.63, 3.8) is 0 Å². The number of allylic oxidation sites excluding steroid dienone is 1. The summed E-state index contributed by atoms with van der Waals surface area (Å²) in [6, 6.07) is 21.9. The standard InChI is InChI=1S/C25H24N4O3/c1-2-31-20-12-16(9-10-19(20)30)21-18(13-26)24(27)32-25-22(21)23(28-29-25)17-8-7-14-5-3-4-6-15(14)11-17/h3-12,21-23,25,28-30H,2,27H2,1H3. The maximum Gasteiger partial charge on any atom is 0.200 e. The lowest BCUT2D eigenvalue weighted by Gasteiger charge is -2.36. The summed E-state index contributed by atoms with van der Waals surface area (Å²) < 4.78 is 11.5. The number of benzene rings is 3. The number of nitrogens with zero attached hydrogens (tertiary/aromatic N) is 1. The molecule has 3 aromatic rings. The van der Waals surface area contributed by atoms with Crippen LogP contribution in [0.1, 0.15) is 30.0 Å². The van der Waals surface area contributed by atoms with Crippen LogP contribution in [0.3, 0.4) is 0 Å². The number of nitriles is 1. The molecular formula is C25H24N4O3. The molecule has 0 aromatic heterocycles. The highest BCUT2D eigenvalue weighted by atomic mass is 16.5. The summed E-state index contributed by atoms with van der Waals surface area (Å²) >= 11 is 0. The fourth-order valence-electron chi connectivity index (χ4n) is 4.78. The molecule has 0 aliphatic carbocycles.